The number of hydrogen-bond acceptors (Lipinski definition) is 5. The fourth-order valence-electron chi connectivity index (χ4n) is 4.89. The topological polar surface area (TPSA) is 81.8 Å². The Balaban J connectivity index is 1.48. The minimum absolute atomic E-state index is 0.0148. The molecule has 40 heavy (non-hydrogen) atoms. The third kappa shape index (κ3) is 7.33. The largest absolute Gasteiger partial charge is 0.368 e. The van der Waals surface area contributed by atoms with E-state index in [0.717, 1.165) is 43.7 Å². The number of piperazine rings is 1. The molecule has 1 atom stereocenters. The van der Waals surface area contributed by atoms with Crippen LogP contribution in [-0.2, 0) is 26.8 Å². The van der Waals surface area contributed by atoms with Crippen molar-refractivity contribution in [1.29, 1.82) is 0 Å². The van der Waals surface area contributed by atoms with Crippen molar-refractivity contribution in [3.63, 3.8) is 0 Å². The number of sulfonamides is 1. The van der Waals surface area contributed by atoms with Crippen molar-refractivity contribution in [2.24, 2.45) is 0 Å². The zero-order valence-corrected chi connectivity index (χ0v) is 24.7. The molecule has 0 saturated carbocycles. The predicted octanol–water partition coefficient (Wildman–Crippen LogP) is 5.24. The number of rotatable bonds is 8. The van der Waals surface area contributed by atoms with Gasteiger partial charge in [0.05, 0.1) is 17.9 Å². The van der Waals surface area contributed by atoms with Crippen LogP contribution in [0, 0.1) is 5.82 Å². The van der Waals surface area contributed by atoms with E-state index >= 15 is 0 Å². The van der Waals surface area contributed by atoms with Crippen LogP contribution in [0.25, 0.3) is 0 Å². The molecular formula is C31H39FN4O3S. The van der Waals surface area contributed by atoms with Crippen LogP contribution in [0.5, 0.6) is 0 Å². The number of amides is 1. The minimum Gasteiger partial charge on any atom is -0.368 e. The molecule has 0 aliphatic carbocycles. The normalized spacial score (nSPS) is 15.1. The minimum atomic E-state index is -3.61. The first kappa shape index (κ1) is 29.4. The molecule has 3 aromatic carbocycles. The summed E-state index contributed by atoms with van der Waals surface area (Å²) in [5.74, 6) is -1.58. The van der Waals surface area contributed by atoms with Crippen LogP contribution in [0.2, 0.25) is 0 Å². The van der Waals surface area contributed by atoms with E-state index in [1.54, 1.807) is 13.0 Å². The number of para-hydroxylation sites is 1. The summed E-state index contributed by atoms with van der Waals surface area (Å²) in [6.07, 6.45) is 0.960. The lowest BCUT2D eigenvalue weighted by Crippen LogP contribution is -2.47. The Morgan fingerprint density at radius 1 is 0.950 bits per heavy atom. The molecule has 9 heteroatoms. The maximum atomic E-state index is 14.5. The number of nitrogens with zero attached hydrogens (tertiary/aromatic N) is 2. The number of nitrogens with one attached hydrogen (secondary N) is 2. The van der Waals surface area contributed by atoms with Gasteiger partial charge in [-0.1, -0.05) is 57.2 Å². The summed E-state index contributed by atoms with van der Waals surface area (Å²) in [5, 5.41) is 3.03. The molecule has 0 radical (unpaired) electrons. The van der Waals surface area contributed by atoms with E-state index in [4.69, 9.17) is 0 Å². The highest BCUT2D eigenvalue weighted by atomic mass is 32.2. The Bertz CT molecular complexity index is 1450. The van der Waals surface area contributed by atoms with Gasteiger partial charge in [0.1, 0.15) is 5.82 Å². The van der Waals surface area contributed by atoms with E-state index in [9.17, 15) is 17.6 Å². The molecular weight excluding hydrogens is 527 g/mol. The zero-order chi connectivity index (χ0) is 29.1. The second kappa shape index (κ2) is 11.9. The molecule has 1 aliphatic heterocycles. The fourth-order valence-corrected chi connectivity index (χ4v) is 5.45. The molecule has 4 rings (SSSR count). The van der Waals surface area contributed by atoms with Crippen molar-refractivity contribution in [3.05, 3.63) is 89.2 Å². The van der Waals surface area contributed by atoms with Gasteiger partial charge in [-0.05, 0) is 59.4 Å². The van der Waals surface area contributed by atoms with Gasteiger partial charge < -0.3 is 15.1 Å². The van der Waals surface area contributed by atoms with Gasteiger partial charge in [0.2, 0.25) is 15.9 Å². The van der Waals surface area contributed by atoms with Crippen molar-refractivity contribution < 1.29 is 17.6 Å². The number of carbonyl (C=O) groups is 1. The predicted molar refractivity (Wildman–Crippen MR) is 161 cm³/mol. The van der Waals surface area contributed by atoms with Crippen molar-refractivity contribution in [3.8, 4) is 0 Å². The van der Waals surface area contributed by atoms with E-state index in [2.05, 4.69) is 83.1 Å². The molecule has 1 saturated heterocycles. The highest BCUT2D eigenvalue weighted by molar-refractivity contribution is 7.92. The summed E-state index contributed by atoms with van der Waals surface area (Å²) >= 11 is 0. The summed E-state index contributed by atoms with van der Waals surface area (Å²) in [6, 6.07) is 21.0. The molecule has 1 heterocycles. The third-order valence-electron chi connectivity index (χ3n) is 7.33. The van der Waals surface area contributed by atoms with Crippen LogP contribution >= 0.6 is 0 Å². The van der Waals surface area contributed by atoms with E-state index in [1.165, 1.54) is 23.4 Å². The maximum Gasteiger partial charge on any atom is 0.229 e. The van der Waals surface area contributed by atoms with Crippen molar-refractivity contribution in [2.75, 3.05) is 47.0 Å². The molecule has 3 aromatic rings. The van der Waals surface area contributed by atoms with Crippen LogP contribution in [0.4, 0.5) is 21.5 Å². The third-order valence-corrected chi connectivity index (χ3v) is 7.92. The highest BCUT2D eigenvalue weighted by Gasteiger charge is 2.23. The van der Waals surface area contributed by atoms with Gasteiger partial charge in [-0.3, -0.25) is 9.52 Å². The lowest BCUT2D eigenvalue weighted by atomic mass is 9.86. The fraction of sp³-hybridized carbons (Fsp3) is 0.387. The molecule has 1 unspecified atom stereocenters. The lowest BCUT2D eigenvalue weighted by molar-refractivity contribution is -0.122. The average Bonchev–Trinajstić information content (AvgIpc) is 2.91. The van der Waals surface area contributed by atoms with Crippen LogP contribution in [-0.4, -0.2) is 46.8 Å². The maximum absolute atomic E-state index is 14.5. The van der Waals surface area contributed by atoms with E-state index in [1.807, 2.05) is 6.07 Å². The lowest BCUT2D eigenvalue weighted by Gasteiger charge is -2.38. The summed E-state index contributed by atoms with van der Waals surface area (Å²) in [4.78, 5) is 17.9. The molecule has 7 nitrogen and oxygen atoms in total. The molecule has 214 valence electrons. The molecule has 1 amide bonds. The number of carbonyl (C=O) groups excluding carboxylic acids is 1. The Morgan fingerprint density at radius 2 is 1.60 bits per heavy atom. The Hall–Kier alpha value is -3.59. The van der Waals surface area contributed by atoms with Crippen molar-refractivity contribution >= 4 is 33.0 Å². The Morgan fingerprint density at radius 3 is 2.20 bits per heavy atom. The summed E-state index contributed by atoms with van der Waals surface area (Å²) < 4.78 is 39.6. The van der Waals surface area contributed by atoms with Crippen LogP contribution < -0.4 is 19.8 Å². The first-order chi connectivity index (χ1) is 18.8. The first-order valence-electron chi connectivity index (χ1n) is 13.5. The molecule has 0 bridgehead atoms. The molecule has 2 N–H and O–H groups in total. The summed E-state index contributed by atoms with van der Waals surface area (Å²) in [6.45, 7) is 12.2. The summed E-state index contributed by atoms with van der Waals surface area (Å²) in [5.41, 5.74) is 4.91. The van der Waals surface area contributed by atoms with Crippen LogP contribution in [0.3, 0.4) is 0 Å². The number of anilines is 3. The molecule has 0 aromatic heterocycles. The molecule has 0 spiro atoms. The van der Waals surface area contributed by atoms with Crippen molar-refractivity contribution in [1.82, 2.24) is 5.32 Å². The summed E-state index contributed by atoms with van der Waals surface area (Å²) in [7, 11) is -3.61. The average molecular weight is 567 g/mol. The van der Waals surface area contributed by atoms with E-state index in [-0.39, 0.29) is 17.0 Å². The van der Waals surface area contributed by atoms with Gasteiger partial charge in [-0.2, -0.15) is 0 Å². The quantitative estimate of drug-likeness (QED) is 0.390. The smallest absolute Gasteiger partial charge is 0.229 e. The van der Waals surface area contributed by atoms with Gasteiger partial charge in [-0.25, -0.2) is 12.8 Å². The highest BCUT2D eigenvalue weighted by Crippen LogP contribution is 2.31. The van der Waals surface area contributed by atoms with Gasteiger partial charge in [0, 0.05) is 44.1 Å². The SMILES string of the molecule is CC(C(=O)NCc1ccc(C(C)(C)C)cc1N1CCN(c2ccccc2)CC1)c1ccc(NS(C)(=O)=O)c(F)c1. The van der Waals surface area contributed by atoms with Gasteiger partial charge in [0.25, 0.3) is 0 Å². The number of hydrogen-bond donors (Lipinski definition) is 2. The van der Waals surface area contributed by atoms with Gasteiger partial charge in [-0.15, -0.1) is 0 Å². The second-order valence-electron chi connectivity index (χ2n) is 11.5. The molecule has 1 fully saturated rings. The standard InChI is InChI=1S/C31H39FN4O3S/c1-22(23-12-14-28(27(32)19-23)34-40(5,38)39)30(37)33-21-24-11-13-25(31(2,3)4)20-29(24)36-17-15-35(16-18-36)26-9-7-6-8-10-26/h6-14,19-20,22,34H,15-18,21H2,1-5H3,(H,33,37). The monoisotopic (exact) mass is 566 g/mol. The Labute approximate surface area is 237 Å². The van der Waals surface area contributed by atoms with Crippen LogP contribution in [0.1, 0.15) is 50.3 Å². The van der Waals surface area contributed by atoms with Crippen LogP contribution in [0.15, 0.2) is 66.7 Å². The molecule has 1 aliphatic rings. The number of halogens is 1. The van der Waals surface area contributed by atoms with Crippen molar-refractivity contribution in [2.45, 2.75) is 45.6 Å². The zero-order valence-electron chi connectivity index (χ0n) is 23.9. The van der Waals surface area contributed by atoms with Gasteiger partial charge in [0.15, 0.2) is 0 Å². The van der Waals surface area contributed by atoms with Gasteiger partial charge >= 0.3 is 0 Å². The van der Waals surface area contributed by atoms with E-state index < -0.39 is 21.8 Å². The first-order valence-corrected chi connectivity index (χ1v) is 15.4. The number of benzene rings is 3. The Kier molecular flexibility index (Phi) is 8.73. The van der Waals surface area contributed by atoms with E-state index in [0.29, 0.717) is 12.1 Å². The second-order valence-corrected chi connectivity index (χ2v) is 13.2.